The lowest BCUT2D eigenvalue weighted by molar-refractivity contribution is -0.117. The molecule has 1 N–H and O–H groups in total. The number of carbonyl (C=O) groups is 1. The fraction of sp³-hybridized carbons (Fsp3) is 0.588. The summed E-state index contributed by atoms with van der Waals surface area (Å²) in [4.78, 5) is 12.3. The SMILES string of the molecule is O=C(CC1CCCC1)Nc1ccc(S(=O)(=O)N2CCOCC2)cc1. The van der Waals surface area contributed by atoms with E-state index in [1.54, 1.807) is 24.3 Å². The van der Waals surface area contributed by atoms with Crippen molar-refractivity contribution in [2.45, 2.75) is 37.0 Å². The molecule has 0 bridgehead atoms. The van der Waals surface area contributed by atoms with E-state index in [2.05, 4.69) is 5.32 Å². The Morgan fingerprint density at radius 3 is 2.38 bits per heavy atom. The highest BCUT2D eigenvalue weighted by Gasteiger charge is 2.26. The highest BCUT2D eigenvalue weighted by atomic mass is 32.2. The number of amides is 1. The molecular formula is C17H24N2O4S. The summed E-state index contributed by atoms with van der Waals surface area (Å²) in [6.45, 7) is 1.60. The Bertz CT molecular complexity index is 660. The predicted molar refractivity (Wildman–Crippen MR) is 91.2 cm³/mol. The number of morpholine rings is 1. The highest BCUT2D eigenvalue weighted by Crippen LogP contribution is 2.28. The van der Waals surface area contributed by atoms with E-state index in [9.17, 15) is 13.2 Å². The van der Waals surface area contributed by atoms with Crippen molar-refractivity contribution in [1.82, 2.24) is 4.31 Å². The molecule has 6 nitrogen and oxygen atoms in total. The number of hydrogen-bond acceptors (Lipinski definition) is 4. The van der Waals surface area contributed by atoms with Gasteiger partial charge in [-0.2, -0.15) is 4.31 Å². The molecule has 0 spiro atoms. The molecule has 1 amide bonds. The summed E-state index contributed by atoms with van der Waals surface area (Å²) in [7, 11) is -3.49. The monoisotopic (exact) mass is 352 g/mol. The van der Waals surface area contributed by atoms with E-state index >= 15 is 0 Å². The number of ether oxygens (including phenoxy) is 1. The topological polar surface area (TPSA) is 75.7 Å². The van der Waals surface area contributed by atoms with Gasteiger partial charge < -0.3 is 10.1 Å². The minimum Gasteiger partial charge on any atom is -0.379 e. The Morgan fingerprint density at radius 2 is 1.75 bits per heavy atom. The van der Waals surface area contributed by atoms with Crippen LogP contribution in [0.25, 0.3) is 0 Å². The first-order valence-electron chi connectivity index (χ1n) is 8.53. The van der Waals surface area contributed by atoms with Crippen molar-refractivity contribution in [2.75, 3.05) is 31.6 Å². The normalized spacial score (nSPS) is 20.2. The predicted octanol–water partition coefficient (Wildman–Crippen LogP) is 2.23. The van der Waals surface area contributed by atoms with Gasteiger partial charge in [-0.3, -0.25) is 4.79 Å². The van der Waals surface area contributed by atoms with Crippen molar-refractivity contribution in [1.29, 1.82) is 0 Å². The van der Waals surface area contributed by atoms with Gasteiger partial charge in [-0.15, -0.1) is 0 Å². The molecule has 0 unspecified atom stereocenters. The molecule has 132 valence electrons. The molecule has 0 atom stereocenters. The van der Waals surface area contributed by atoms with E-state index in [0.717, 1.165) is 12.8 Å². The summed E-state index contributed by atoms with van der Waals surface area (Å²) >= 11 is 0. The number of hydrogen-bond donors (Lipinski definition) is 1. The number of sulfonamides is 1. The van der Waals surface area contributed by atoms with E-state index in [1.165, 1.54) is 17.1 Å². The van der Waals surface area contributed by atoms with Gasteiger partial charge in [0.1, 0.15) is 0 Å². The molecule has 0 radical (unpaired) electrons. The molecule has 1 aliphatic carbocycles. The Hall–Kier alpha value is -1.44. The lowest BCUT2D eigenvalue weighted by Crippen LogP contribution is -2.40. The molecule has 3 rings (SSSR count). The maximum Gasteiger partial charge on any atom is 0.243 e. The summed E-state index contributed by atoms with van der Waals surface area (Å²) in [6.07, 6.45) is 5.24. The van der Waals surface area contributed by atoms with Crippen LogP contribution in [0.4, 0.5) is 5.69 Å². The molecule has 2 aliphatic rings. The van der Waals surface area contributed by atoms with Gasteiger partial charge >= 0.3 is 0 Å². The number of nitrogens with one attached hydrogen (secondary N) is 1. The first-order chi connectivity index (χ1) is 11.6. The smallest absolute Gasteiger partial charge is 0.243 e. The van der Waals surface area contributed by atoms with Crippen LogP contribution >= 0.6 is 0 Å². The Kier molecular flexibility index (Phi) is 5.53. The van der Waals surface area contributed by atoms with Gasteiger partial charge in [0.15, 0.2) is 0 Å². The summed E-state index contributed by atoms with van der Waals surface area (Å²) < 4.78 is 31.7. The Morgan fingerprint density at radius 1 is 1.12 bits per heavy atom. The molecule has 2 fully saturated rings. The number of benzene rings is 1. The number of anilines is 1. The van der Waals surface area contributed by atoms with Crippen LogP contribution < -0.4 is 5.32 Å². The molecule has 7 heteroatoms. The molecule has 0 aromatic heterocycles. The molecule has 1 heterocycles. The van der Waals surface area contributed by atoms with Crippen molar-refractivity contribution < 1.29 is 17.9 Å². The molecule has 1 saturated heterocycles. The third-order valence-electron chi connectivity index (χ3n) is 4.69. The van der Waals surface area contributed by atoms with Gasteiger partial charge in [-0.25, -0.2) is 8.42 Å². The van der Waals surface area contributed by atoms with Crippen LogP contribution in [-0.4, -0.2) is 44.9 Å². The van der Waals surface area contributed by atoms with Gasteiger partial charge in [0, 0.05) is 25.2 Å². The molecule has 1 aliphatic heterocycles. The van der Waals surface area contributed by atoms with Crippen molar-refractivity contribution in [3.8, 4) is 0 Å². The van der Waals surface area contributed by atoms with Crippen LogP contribution in [0.2, 0.25) is 0 Å². The van der Waals surface area contributed by atoms with Gasteiger partial charge in [0.25, 0.3) is 0 Å². The third-order valence-corrected chi connectivity index (χ3v) is 6.61. The quantitative estimate of drug-likeness (QED) is 0.882. The standard InChI is InChI=1S/C17H24N2O4S/c20-17(13-14-3-1-2-4-14)18-15-5-7-16(8-6-15)24(21,22)19-9-11-23-12-10-19/h5-8,14H,1-4,9-13H2,(H,18,20). The van der Waals surface area contributed by atoms with Crippen LogP contribution in [0.1, 0.15) is 32.1 Å². The van der Waals surface area contributed by atoms with Gasteiger partial charge in [-0.05, 0) is 43.0 Å². The minimum atomic E-state index is -3.49. The Labute approximate surface area is 143 Å². The summed E-state index contributed by atoms with van der Waals surface area (Å²) in [5.41, 5.74) is 0.638. The van der Waals surface area contributed by atoms with Crippen molar-refractivity contribution in [2.24, 2.45) is 5.92 Å². The van der Waals surface area contributed by atoms with Crippen LogP contribution in [-0.2, 0) is 19.6 Å². The van der Waals surface area contributed by atoms with Gasteiger partial charge in [-0.1, -0.05) is 12.8 Å². The van der Waals surface area contributed by atoms with E-state index in [0.29, 0.717) is 44.3 Å². The highest BCUT2D eigenvalue weighted by molar-refractivity contribution is 7.89. The van der Waals surface area contributed by atoms with Crippen LogP contribution in [0, 0.1) is 5.92 Å². The van der Waals surface area contributed by atoms with Crippen molar-refractivity contribution in [3.63, 3.8) is 0 Å². The van der Waals surface area contributed by atoms with Crippen LogP contribution in [0.15, 0.2) is 29.2 Å². The molecule has 1 saturated carbocycles. The van der Waals surface area contributed by atoms with E-state index < -0.39 is 10.0 Å². The fourth-order valence-electron chi connectivity index (χ4n) is 3.33. The minimum absolute atomic E-state index is 0.00527. The van der Waals surface area contributed by atoms with Crippen molar-refractivity contribution in [3.05, 3.63) is 24.3 Å². The fourth-order valence-corrected chi connectivity index (χ4v) is 4.74. The number of nitrogens with zero attached hydrogens (tertiary/aromatic N) is 1. The summed E-state index contributed by atoms with van der Waals surface area (Å²) in [6, 6.07) is 6.41. The zero-order chi connectivity index (χ0) is 17.0. The average Bonchev–Trinajstić information content (AvgIpc) is 3.09. The molecule has 1 aromatic rings. The van der Waals surface area contributed by atoms with E-state index in [4.69, 9.17) is 4.74 Å². The largest absolute Gasteiger partial charge is 0.379 e. The van der Waals surface area contributed by atoms with Crippen LogP contribution in [0.5, 0.6) is 0 Å². The molecule has 24 heavy (non-hydrogen) atoms. The summed E-state index contributed by atoms with van der Waals surface area (Å²) in [5.74, 6) is 0.497. The third kappa shape index (κ3) is 4.15. The molecule has 1 aromatic carbocycles. The summed E-state index contributed by atoms with van der Waals surface area (Å²) in [5, 5.41) is 2.86. The lowest BCUT2D eigenvalue weighted by Gasteiger charge is -2.26. The van der Waals surface area contributed by atoms with Crippen molar-refractivity contribution >= 4 is 21.6 Å². The number of carbonyl (C=O) groups excluding carboxylic acids is 1. The number of rotatable bonds is 5. The first kappa shape index (κ1) is 17.4. The van der Waals surface area contributed by atoms with Gasteiger partial charge in [0.05, 0.1) is 18.1 Å². The second-order valence-corrected chi connectivity index (χ2v) is 8.38. The molecular weight excluding hydrogens is 328 g/mol. The van der Waals surface area contributed by atoms with E-state index in [1.807, 2.05) is 0 Å². The zero-order valence-corrected chi connectivity index (χ0v) is 14.6. The van der Waals surface area contributed by atoms with E-state index in [-0.39, 0.29) is 10.8 Å². The Balaban J connectivity index is 1.61. The van der Waals surface area contributed by atoms with Crippen LogP contribution in [0.3, 0.4) is 0 Å². The zero-order valence-electron chi connectivity index (χ0n) is 13.7. The first-order valence-corrected chi connectivity index (χ1v) is 9.97. The van der Waals surface area contributed by atoms with Gasteiger partial charge in [0.2, 0.25) is 15.9 Å². The second-order valence-electron chi connectivity index (χ2n) is 6.44. The lowest BCUT2D eigenvalue weighted by atomic mass is 10.0. The average molecular weight is 352 g/mol. The maximum absolute atomic E-state index is 12.5. The maximum atomic E-state index is 12.5. The second kappa shape index (κ2) is 7.63.